The van der Waals surface area contributed by atoms with Crippen LogP contribution in [0.5, 0.6) is 86.2 Å². The minimum atomic E-state index is -1.43. The van der Waals surface area contributed by atoms with Crippen molar-refractivity contribution in [3.05, 3.63) is 42.5 Å². The van der Waals surface area contributed by atoms with Gasteiger partial charge in [-0.3, -0.25) is 0 Å². The van der Waals surface area contributed by atoms with Crippen LogP contribution < -0.4 is 0 Å². The Kier molecular flexibility index (Phi) is 6.08. The monoisotopic (exact) mass is 709 g/mol. The number of rotatable bonds is 2. The van der Waals surface area contributed by atoms with Crippen LogP contribution in [0.4, 0.5) is 0 Å². The van der Waals surface area contributed by atoms with Crippen molar-refractivity contribution < 1.29 is 76.6 Å². The molecule has 16 heteroatoms. The van der Waals surface area contributed by atoms with E-state index in [0.717, 1.165) is 5.39 Å². The van der Waals surface area contributed by atoms with Gasteiger partial charge in [0.25, 0.3) is 0 Å². The van der Waals surface area contributed by atoms with E-state index in [1.807, 2.05) is 6.07 Å². The van der Waals surface area contributed by atoms with Crippen molar-refractivity contribution in [1.82, 2.24) is 4.98 Å². The van der Waals surface area contributed by atoms with Gasteiger partial charge < -0.3 is 81.6 Å². The Labute approximate surface area is 286 Å². The second kappa shape index (κ2) is 10.1. The summed E-state index contributed by atoms with van der Waals surface area (Å²) in [6.45, 7) is 0. The number of fused-ring (bicyclic) bond motifs is 6. The molecular formula is C36H23NO15. The van der Waals surface area contributed by atoms with Gasteiger partial charge in [0.2, 0.25) is 34.5 Å². The Morgan fingerprint density at radius 1 is 0.288 bits per heavy atom. The summed E-state index contributed by atoms with van der Waals surface area (Å²) in [4.78, 5) is 3.19. The molecule has 52 heavy (non-hydrogen) atoms. The number of phenols is 15. The van der Waals surface area contributed by atoms with Crippen molar-refractivity contribution in [2.75, 3.05) is 0 Å². The molecule has 16 nitrogen and oxygen atoms in total. The average Bonchev–Trinajstić information content (AvgIpc) is 3.51. The number of hydrogen-bond donors (Lipinski definition) is 16. The van der Waals surface area contributed by atoms with Crippen LogP contribution in [-0.2, 0) is 0 Å². The van der Waals surface area contributed by atoms with Gasteiger partial charge in [-0.2, -0.15) is 0 Å². The fourth-order valence-electron chi connectivity index (χ4n) is 7.04. The van der Waals surface area contributed by atoms with Crippen LogP contribution >= 0.6 is 0 Å². The largest absolute Gasteiger partial charge is 0.506 e. The average molecular weight is 710 g/mol. The van der Waals surface area contributed by atoms with Crippen LogP contribution in [0.15, 0.2) is 42.5 Å². The van der Waals surface area contributed by atoms with Crippen LogP contribution in [0.1, 0.15) is 0 Å². The minimum Gasteiger partial charge on any atom is -0.506 e. The molecule has 1 aromatic heterocycles. The molecule has 0 saturated carbocycles. The first kappa shape index (κ1) is 31.4. The van der Waals surface area contributed by atoms with Crippen LogP contribution in [0, 0.1) is 0 Å². The summed E-state index contributed by atoms with van der Waals surface area (Å²) in [5, 5.41) is 161. The van der Waals surface area contributed by atoms with Gasteiger partial charge in [-0.05, 0) is 17.7 Å². The Bertz CT molecular complexity index is 2890. The summed E-state index contributed by atoms with van der Waals surface area (Å²) in [5.74, 6) is -20.1. The van der Waals surface area contributed by atoms with Crippen molar-refractivity contribution >= 4 is 54.1 Å². The lowest BCUT2D eigenvalue weighted by molar-refractivity contribution is 0.347. The summed E-state index contributed by atoms with van der Waals surface area (Å²) in [5.41, 5.74) is -1.22. The minimum absolute atomic E-state index is 0.0398. The number of hydrogen-bond acceptors (Lipinski definition) is 15. The Morgan fingerprint density at radius 3 is 1.17 bits per heavy atom. The van der Waals surface area contributed by atoms with Gasteiger partial charge in [-0.25, -0.2) is 0 Å². The molecule has 7 aromatic carbocycles. The number of aromatic nitrogens is 1. The Balaban J connectivity index is 1.69. The molecule has 0 atom stereocenters. The second-order valence-corrected chi connectivity index (χ2v) is 12.0. The van der Waals surface area contributed by atoms with E-state index in [1.165, 1.54) is 12.1 Å². The van der Waals surface area contributed by atoms with E-state index in [1.54, 1.807) is 24.3 Å². The number of nitrogens with one attached hydrogen (secondary N) is 1. The fraction of sp³-hybridized carbons (Fsp3) is 0. The van der Waals surface area contributed by atoms with E-state index in [2.05, 4.69) is 4.98 Å². The number of para-hydroxylation sites is 1. The summed E-state index contributed by atoms with van der Waals surface area (Å²) >= 11 is 0. The topological polar surface area (TPSA) is 319 Å². The van der Waals surface area contributed by atoms with E-state index >= 15 is 0 Å². The van der Waals surface area contributed by atoms with Gasteiger partial charge >= 0.3 is 0 Å². The highest BCUT2D eigenvalue weighted by molar-refractivity contribution is 6.31. The summed E-state index contributed by atoms with van der Waals surface area (Å²) in [7, 11) is 0. The highest BCUT2D eigenvalue weighted by Crippen LogP contribution is 2.66. The van der Waals surface area contributed by atoms with E-state index < -0.39 is 130 Å². The van der Waals surface area contributed by atoms with E-state index in [-0.39, 0.29) is 11.1 Å². The molecule has 0 unspecified atom stereocenters. The molecule has 0 aliphatic carbocycles. The van der Waals surface area contributed by atoms with Gasteiger partial charge in [0, 0.05) is 54.5 Å². The highest BCUT2D eigenvalue weighted by Gasteiger charge is 2.36. The molecule has 262 valence electrons. The maximum absolute atomic E-state index is 11.6. The first-order valence-corrected chi connectivity index (χ1v) is 14.9. The zero-order valence-corrected chi connectivity index (χ0v) is 25.7. The van der Waals surface area contributed by atoms with Gasteiger partial charge in [0.05, 0.1) is 16.3 Å². The Hall–Kier alpha value is -7.88. The van der Waals surface area contributed by atoms with Crippen molar-refractivity contribution in [1.29, 1.82) is 0 Å². The third-order valence-electron chi connectivity index (χ3n) is 9.41. The van der Waals surface area contributed by atoms with Crippen LogP contribution in [0.25, 0.3) is 76.4 Å². The van der Waals surface area contributed by atoms with Gasteiger partial charge in [-0.1, -0.05) is 30.3 Å². The van der Waals surface area contributed by atoms with Gasteiger partial charge in [-0.15, -0.1) is 0 Å². The molecule has 0 radical (unpaired) electrons. The maximum Gasteiger partial charge on any atom is 0.205 e. The van der Waals surface area contributed by atoms with Crippen molar-refractivity contribution in [3.8, 4) is 108 Å². The lowest BCUT2D eigenvalue weighted by Crippen LogP contribution is -1.96. The summed E-state index contributed by atoms with van der Waals surface area (Å²) < 4.78 is 0. The molecular weight excluding hydrogens is 686 g/mol. The molecule has 0 aliphatic rings. The number of aromatic amines is 1. The molecule has 16 N–H and O–H groups in total. The van der Waals surface area contributed by atoms with Crippen LogP contribution in [0.3, 0.4) is 0 Å². The fourth-order valence-corrected chi connectivity index (χ4v) is 7.04. The molecule has 0 bridgehead atoms. The van der Waals surface area contributed by atoms with E-state index in [4.69, 9.17) is 0 Å². The third kappa shape index (κ3) is 3.63. The number of aromatic hydroxyl groups is 15. The lowest BCUT2D eigenvalue weighted by atomic mass is 9.82. The zero-order valence-electron chi connectivity index (χ0n) is 25.7. The molecule has 1 heterocycles. The molecule has 0 aliphatic heterocycles. The molecule has 0 spiro atoms. The van der Waals surface area contributed by atoms with Crippen LogP contribution in [0.2, 0.25) is 0 Å². The molecule has 8 rings (SSSR count). The van der Waals surface area contributed by atoms with Crippen LogP contribution in [-0.4, -0.2) is 81.6 Å². The number of benzene rings is 7. The number of H-pyrrole nitrogens is 1. The standard InChI is InChI=1S/C36H23NO15/c38-22-19(27(43)28(44)21-20(22)29(45)35(51)36(52)30(21)46)14-17-15(23(39)31(47)33(49)25(17)41)13(16-18(14)26(42)34(50)32(48)24(16)40)8-5-6-10-9-3-1-2-4-11(9)37-12(10)7-8/h1-7,37-52H. The number of phenolic OH excluding ortho intramolecular Hbond substituents is 15. The molecule has 8 aromatic rings. The highest BCUT2D eigenvalue weighted by atomic mass is 16.4. The van der Waals surface area contributed by atoms with E-state index in [0.29, 0.717) is 16.4 Å². The van der Waals surface area contributed by atoms with Gasteiger partial charge in [0.1, 0.15) is 5.75 Å². The second-order valence-electron chi connectivity index (χ2n) is 12.0. The predicted molar refractivity (Wildman–Crippen MR) is 184 cm³/mol. The molecule has 0 amide bonds. The molecule has 0 saturated heterocycles. The summed E-state index contributed by atoms with van der Waals surface area (Å²) in [6.07, 6.45) is 0. The predicted octanol–water partition coefficient (Wildman–Crippen LogP) is 5.70. The molecule has 0 fully saturated rings. The van der Waals surface area contributed by atoms with Crippen molar-refractivity contribution in [2.24, 2.45) is 0 Å². The van der Waals surface area contributed by atoms with Gasteiger partial charge in [0.15, 0.2) is 46.0 Å². The summed E-state index contributed by atoms with van der Waals surface area (Å²) in [6, 6.07) is 11.8. The lowest BCUT2D eigenvalue weighted by Gasteiger charge is -2.24. The maximum atomic E-state index is 11.6. The van der Waals surface area contributed by atoms with E-state index in [9.17, 15) is 76.6 Å². The normalized spacial score (nSPS) is 11.8. The smallest absolute Gasteiger partial charge is 0.205 e. The third-order valence-corrected chi connectivity index (χ3v) is 9.41. The first-order valence-electron chi connectivity index (χ1n) is 14.9. The van der Waals surface area contributed by atoms with Crippen molar-refractivity contribution in [2.45, 2.75) is 0 Å². The zero-order chi connectivity index (χ0) is 37.4. The van der Waals surface area contributed by atoms with Crippen molar-refractivity contribution in [3.63, 3.8) is 0 Å². The quantitative estimate of drug-likeness (QED) is 0.0581. The SMILES string of the molecule is Oc1c(O)c(O)c2c(O)c(-c3c4c(O)c(O)c(O)c(O)c4c(-c4ccc5c(c4)[nH]c4ccccc45)c4c(O)c(O)c(O)c(O)c34)c(O)c(O)c2c1O. The Morgan fingerprint density at radius 2 is 0.673 bits per heavy atom. The first-order chi connectivity index (χ1) is 24.6.